The predicted octanol–water partition coefficient (Wildman–Crippen LogP) is 3.72. The molecular formula is C18H39IN4. The number of hydrogen-bond acceptors (Lipinski definition) is 2. The van der Waals surface area contributed by atoms with Crippen molar-refractivity contribution in [1.82, 2.24) is 15.5 Å². The molecule has 0 aromatic heterocycles. The number of hydrogen-bond donors (Lipinski definition) is 2. The number of halogens is 1. The van der Waals surface area contributed by atoms with Crippen molar-refractivity contribution in [2.24, 2.45) is 16.8 Å². The van der Waals surface area contributed by atoms with Gasteiger partial charge in [0.2, 0.25) is 0 Å². The molecule has 0 aromatic rings. The van der Waals surface area contributed by atoms with Gasteiger partial charge in [-0.3, -0.25) is 4.99 Å². The lowest BCUT2D eigenvalue weighted by Crippen LogP contribution is -2.40. The number of aliphatic imine (C=N–C) groups is 1. The van der Waals surface area contributed by atoms with Crippen LogP contribution in [0.1, 0.15) is 59.3 Å². The second-order valence-electron chi connectivity index (χ2n) is 7.02. The van der Waals surface area contributed by atoms with Crippen molar-refractivity contribution in [2.75, 3.05) is 39.8 Å². The van der Waals surface area contributed by atoms with Gasteiger partial charge in [0, 0.05) is 26.7 Å². The number of rotatable bonds is 10. The van der Waals surface area contributed by atoms with E-state index in [1.807, 2.05) is 7.05 Å². The van der Waals surface area contributed by atoms with E-state index in [1.165, 1.54) is 58.2 Å². The van der Waals surface area contributed by atoms with E-state index in [4.69, 9.17) is 0 Å². The normalized spacial score (nSPS) is 19.0. The summed E-state index contributed by atoms with van der Waals surface area (Å²) in [5.74, 6) is 2.59. The fraction of sp³-hybridized carbons (Fsp3) is 0.944. The molecule has 1 saturated heterocycles. The molecule has 4 nitrogen and oxygen atoms in total. The topological polar surface area (TPSA) is 39.7 Å². The molecule has 5 heteroatoms. The molecule has 0 aromatic carbocycles. The molecule has 138 valence electrons. The Balaban J connectivity index is 0.00000484. The molecule has 1 atom stereocenters. The molecule has 0 amide bonds. The number of unbranched alkanes of at least 4 members (excludes halogenated alkanes) is 3. The SMILES string of the molecule is CCN1CCC(CNC(=NC)NCCCCCCC(C)C)C1.I. The van der Waals surface area contributed by atoms with E-state index in [0.29, 0.717) is 0 Å². The van der Waals surface area contributed by atoms with Crippen LogP contribution >= 0.6 is 24.0 Å². The average molecular weight is 438 g/mol. The molecule has 0 radical (unpaired) electrons. The molecule has 0 bridgehead atoms. The third kappa shape index (κ3) is 11.2. The van der Waals surface area contributed by atoms with Crippen LogP contribution in [-0.2, 0) is 0 Å². The summed E-state index contributed by atoms with van der Waals surface area (Å²) in [4.78, 5) is 6.85. The van der Waals surface area contributed by atoms with E-state index in [1.54, 1.807) is 0 Å². The average Bonchev–Trinajstić information content (AvgIpc) is 2.97. The molecule has 2 N–H and O–H groups in total. The van der Waals surface area contributed by atoms with Gasteiger partial charge < -0.3 is 15.5 Å². The summed E-state index contributed by atoms with van der Waals surface area (Å²) in [6.07, 6.45) is 7.98. The molecular weight excluding hydrogens is 399 g/mol. The Hall–Kier alpha value is -0.0400. The van der Waals surface area contributed by atoms with Gasteiger partial charge >= 0.3 is 0 Å². The van der Waals surface area contributed by atoms with E-state index >= 15 is 0 Å². The molecule has 1 unspecified atom stereocenters. The maximum absolute atomic E-state index is 4.33. The lowest BCUT2D eigenvalue weighted by Gasteiger charge is -2.16. The highest BCUT2D eigenvalue weighted by Crippen LogP contribution is 2.14. The van der Waals surface area contributed by atoms with Gasteiger partial charge in [0.25, 0.3) is 0 Å². The summed E-state index contributed by atoms with van der Waals surface area (Å²) in [6.45, 7) is 12.6. The van der Waals surface area contributed by atoms with Gasteiger partial charge in [-0.1, -0.05) is 46.5 Å². The van der Waals surface area contributed by atoms with E-state index in [0.717, 1.165) is 30.9 Å². The zero-order valence-electron chi connectivity index (χ0n) is 15.7. The number of likely N-dealkylation sites (tertiary alicyclic amines) is 1. The first-order chi connectivity index (χ1) is 10.7. The van der Waals surface area contributed by atoms with Crippen LogP contribution in [0.5, 0.6) is 0 Å². The summed E-state index contributed by atoms with van der Waals surface area (Å²) in [5, 5.41) is 6.93. The Morgan fingerprint density at radius 2 is 1.91 bits per heavy atom. The smallest absolute Gasteiger partial charge is 0.190 e. The molecule has 0 saturated carbocycles. The van der Waals surface area contributed by atoms with Crippen molar-refractivity contribution in [3.05, 3.63) is 0 Å². The van der Waals surface area contributed by atoms with Gasteiger partial charge in [0.15, 0.2) is 5.96 Å². The van der Waals surface area contributed by atoms with Crippen LogP contribution in [0, 0.1) is 11.8 Å². The van der Waals surface area contributed by atoms with Gasteiger partial charge in [0.1, 0.15) is 0 Å². The highest BCUT2D eigenvalue weighted by Gasteiger charge is 2.20. The minimum Gasteiger partial charge on any atom is -0.356 e. The third-order valence-corrected chi connectivity index (χ3v) is 4.60. The minimum absolute atomic E-state index is 0. The second kappa shape index (κ2) is 14.3. The lowest BCUT2D eigenvalue weighted by atomic mass is 10.0. The van der Waals surface area contributed by atoms with Crippen molar-refractivity contribution in [3.63, 3.8) is 0 Å². The van der Waals surface area contributed by atoms with Crippen LogP contribution in [0.2, 0.25) is 0 Å². The molecule has 1 heterocycles. The number of guanidine groups is 1. The molecule has 23 heavy (non-hydrogen) atoms. The van der Waals surface area contributed by atoms with Crippen LogP contribution in [0.3, 0.4) is 0 Å². The van der Waals surface area contributed by atoms with Gasteiger partial charge in [-0.05, 0) is 37.8 Å². The predicted molar refractivity (Wildman–Crippen MR) is 113 cm³/mol. The Labute approximate surface area is 161 Å². The maximum atomic E-state index is 4.33. The van der Waals surface area contributed by atoms with Crippen LogP contribution < -0.4 is 10.6 Å². The number of nitrogens with zero attached hydrogens (tertiary/aromatic N) is 2. The standard InChI is InChI=1S/C18H38N4.HI/c1-5-22-13-11-17(15-22)14-21-18(19-4)20-12-9-7-6-8-10-16(2)3;/h16-17H,5-15H2,1-4H3,(H2,19,20,21);1H. The quantitative estimate of drug-likeness (QED) is 0.236. The van der Waals surface area contributed by atoms with Crippen LogP contribution in [0.4, 0.5) is 0 Å². The summed E-state index contributed by atoms with van der Waals surface area (Å²) in [5.41, 5.74) is 0. The van der Waals surface area contributed by atoms with Crippen molar-refractivity contribution in [3.8, 4) is 0 Å². The fourth-order valence-electron chi connectivity index (χ4n) is 3.07. The van der Waals surface area contributed by atoms with Crippen molar-refractivity contribution < 1.29 is 0 Å². The third-order valence-electron chi connectivity index (χ3n) is 4.60. The summed E-state index contributed by atoms with van der Waals surface area (Å²) in [7, 11) is 1.87. The second-order valence-corrected chi connectivity index (χ2v) is 7.02. The summed E-state index contributed by atoms with van der Waals surface area (Å²) < 4.78 is 0. The van der Waals surface area contributed by atoms with E-state index in [9.17, 15) is 0 Å². The van der Waals surface area contributed by atoms with Crippen LogP contribution in [0.25, 0.3) is 0 Å². The fourth-order valence-corrected chi connectivity index (χ4v) is 3.07. The molecule has 1 fully saturated rings. The highest BCUT2D eigenvalue weighted by molar-refractivity contribution is 14.0. The van der Waals surface area contributed by atoms with Gasteiger partial charge in [-0.2, -0.15) is 0 Å². The van der Waals surface area contributed by atoms with Crippen molar-refractivity contribution in [1.29, 1.82) is 0 Å². The molecule has 0 spiro atoms. The van der Waals surface area contributed by atoms with Crippen LogP contribution in [0.15, 0.2) is 4.99 Å². The van der Waals surface area contributed by atoms with Crippen LogP contribution in [-0.4, -0.2) is 50.6 Å². The first-order valence-corrected chi connectivity index (χ1v) is 9.32. The van der Waals surface area contributed by atoms with Gasteiger partial charge in [-0.15, -0.1) is 24.0 Å². The summed E-state index contributed by atoms with van der Waals surface area (Å²) >= 11 is 0. The monoisotopic (exact) mass is 438 g/mol. The zero-order valence-corrected chi connectivity index (χ0v) is 18.1. The molecule has 1 aliphatic rings. The van der Waals surface area contributed by atoms with Crippen molar-refractivity contribution in [2.45, 2.75) is 59.3 Å². The van der Waals surface area contributed by atoms with E-state index in [-0.39, 0.29) is 24.0 Å². The minimum atomic E-state index is 0. The molecule has 1 rings (SSSR count). The van der Waals surface area contributed by atoms with E-state index in [2.05, 4.69) is 41.3 Å². The van der Waals surface area contributed by atoms with E-state index < -0.39 is 0 Å². The Morgan fingerprint density at radius 3 is 2.52 bits per heavy atom. The largest absolute Gasteiger partial charge is 0.356 e. The zero-order chi connectivity index (χ0) is 16.2. The highest BCUT2D eigenvalue weighted by atomic mass is 127. The first-order valence-electron chi connectivity index (χ1n) is 9.32. The lowest BCUT2D eigenvalue weighted by molar-refractivity contribution is 0.342. The van der Waals surface area contributed by atoms with Gasteiger partial charge in [-0.25, -0.2) is 0 Å². The summed E-state index contributed by atoms with van der Waals surface area (Å²) in [6, 6.07) is 0. The maximum Gasteiger partial charge on any atom is 0.190 e. The molecule has 0 aliphatic carbocycles. The first kappa shape index (κ1) is 23.0. The Morgan fingerprint density at radius 1 is 1.17 bits per heavy atom. The molecule has 1 aliphatic heterocycles. The number of nitrogens with one attached hydrogen (secondary N) is 2. The Bertz CT molecular complexity index is 307. The Kier molecular flexibility index (Phi) is 14.3. The van der Waals surface area contributed by atoms with Crippen molar-refractivity contribution >= 4 is 29.9 Å². The van der Waals surface area contributed by atoms with Gasteiger partial charge in [0.05, 0.1) is 0 Å².